The zero-order valence-electron chi connectivity index (χ0n) is 6.31. The van der Waals surface area contributed by atoms with Crippen LogP contribution >= 0.6 is 0 Å². The monoisotopic (exact) mass is 141 g/mol. The molecule has 2 aliphatic rings. The SMILES string of the molecule is C1CO[C@H](CNC2CC2)C1. The molecule has 0 spiro atoms. The van der Waals surface area contributed by atoms with Crippen molar-refractivity contribution in [3.8, 4) is 0 Å². The second kappa shape index (κ2) is 2.89. The van der Waals surface area contributed by atoms with Crippen LogP contribution < -0.4 is 5.32 Å². The summed E-state index contributed by atoms with van der Waals surface area (Å²) in [5.74, 6) is 0. The van der Waals surface area contributed by atoms with Crippen LogP contribution in [0.1, 0.15) is 25.7 Å². The zero-order chi connectivity index (χ0) is 6.81. The Hall–Kier alpha value is -0.0800. The Morgan fingerprint density at radius 1 is 1.30 bits per heavy atom. The molecule has 1 saturated carbocycles. The summed E-state index contributed by atoms with van der Waals surface area (Å²) in [5.41, 5.74) is 0. The molecule has 0 aromatic carbocycles. The fraction of sp³-hybridized carbons (Fsp3) is 1.00. The molecule has 2 nitrogen and oxygen atoms in total. The first-order chi connectivity index (χ1) is 4.95. The van der Waals surface area contributed by atoms with E-state index in [0.29, 0.717) is 6.10 Å². The molecule has 0 amide bonds. The summed E-state index contributed by atoms with van der Waals surface area (Å²) in [4.78, 5) is 0. The molecule has 0 radical (unpaired) electrons. The average molecular weight is 141 g/mol. The highest BCUT2D eigenvalue weighted by atomic mass is 16.5. The topological polar surface area (TPSA) is 21.3 Å². The first kappa shape index (κ1) is 6.62. The van der Waals surface area contributed by atoms with Crippen LogP contribution in [0.3, 0.4) is 0 Å². The maximum atomic E-state index is 5.47. The second-order valence-corrected chi connectivity index (χ2v) is 3.32. The summed E-state index contributed by atoms with van der Waals surface area (Å²) < 4.78 is 5.47. The summed E-state index contributed by atoms with van der Waals surface area (Å²) in [6.45, 7) is 2.07. The fourth-order valence-electron chi connectivity index (χ4n) is 1.39. The van der Waals surface area contributed by atoms with Gasteiger partial charge in [-0.05, 0) is 25.7 Å². The van der Waals surface area contributed by atoms with Gasteiger partial charge in [0.25, 0.3) is 0 Å². The van der Waals surface area contributed by atoms with Crippen molar-refractivity contribution >= 4 is 0 Å². The number of rotatable bonds is 3. The van der Waals surface area contributed by atoms with Crippen molar-refractivity contribution in [1.29, 1.82) is 0 Å². The Kier molecular flexibility index (Phi) is 1.91. The Labute approximate surface area is 61.9 Å². The van der Waals surface area contributed by atoms with Crippen molar-refractivity contribution in [2.45, 2.75) is 37.8 Å². The normalized spacial score (nSPS) is 33.0. The van der Waals surface area contributed by atoms with E-state index in [-0.39, 0.29) is 0 Å². The standard InChI is InChI=1S/C8H15NO/c1-2-8(10-5-1)6-9-7-3-4-7/h7-9H,1-6H2/t8-/m0/s1. The van der Waals surface area contributed by atoms with Crippen LogP contribution in [0.4, 0.5) is 0 Å². The van der Waals surface area contributed by atoms with Crippen LogP contribution in [0, 0.1) is 0 Å². The van der Waals surface area contributed by atoms with Gasteiger partial charge in [-0.1, -0.05) is 0 Å². The second-order valence-electron chi connectivity index (χ2n) is 3.32. The van der Waals surface area contributed by atoms with E-state index in [1.807, 2.05) is 0 Å². The Bertz CT molecular complexity index is 106. The van der Waals surface area contributed by atoms with Crippen molar-refractivity contribution in [2.75, 3.05) is 13.2 Å². The van der Waals surface area contributed by atoms with E-state index in [1.54, 1.807) is 0 Å². The van der Waals surface area contributed by atoms with Crippen LogP contribution in [-0.4, -0.2) is 25.3 Å². The summed E-state index contributed by atoms with van der Waals surface area (Å²) in [7, 11) is 0. The third kappa shape index (κ3) is 1.70. The summed E-state index contributed by atoms with van der Waals surface area (Å²) >= 11 is 0. The van der Waals surface area contributed by atoms with E-state index in [9.17, 15) is 0 Å². The quantitative estimate of drug-likeness (QED) is 0.631. The molecule has 10 heavy (non-hydrogen) atoms. The minimum atomic E-state index is 0.528. The van der Waals surface area contributed by atoms with E-state index in [4.69, 9.17) is 4.74 Å². The Morgan fingerprint density at radius 2 is 2.20 bits per heavy atom. The van der Waals surface area contributed by atoms with Crippen molar-refractivity contribution in [2.24, 2.45) is 0 Å². The first-order valence-corrected chi connectivity index (χ1v) is 4.30. The molecule has 0 aromatic heterocycles. The molecule has 1 heterocycles. The highest BCUT2D eigenvalue weighted by molar-refractivity contribution is 4.82. The lowest BCUT2D eigenvalue weighted by atomic mass is 10.2. The van der Waals surface area contributed by atoms with Gasteiger partial charge in [0.15, 0.2) is 0 Å². The summed E-state index contributed by atoms with van der Waals surface area (Å²) in [6, 6.07) is 0.837. The third-order valence-corrected chi connectivity index (χ3v) is 2.24. The molecular weight excluding hydrogens is 126 g/mol. The molecule has 0 aromatic rings. The van der Waals surface area contributed by atoms with Crippen LogP contribution in [-0.2, 0) is 4.74 Å². The predicted molar refractivity (Wildman–Crippen MR) is 40.0 cm³/mol. The van der Waals surface area contributed by atoms with E-state index < -0.39 is 0 Å². The van der Waals surface area contributed by atoms with Gasteiger partial charge < -0.3 is 10.1 Å². The van der Waals surface area contributed by atoms with Crippen molar-refractivity contribution < 1.29 is 4.74 Å². The minimum Gasteiger partial charge on any atom is -0.377 e. The molecule has 0 unspecified atom stereocenters. The van der Waals surface area contributed by atoms with E-state index in [2.05, 4.69) is 5.32 Å². The largest absolute Gasteiger partial charge is 0.377 e. The average Bonchev–Trinajstić information content (AvgIpc) is 2.63. The molecule has 1 aliphatic carbocycles. The molecule has 2 heteroatoms. The lowest BCUT2D eigenvalue weighted by Crippen LogP contribution is -2.27. The fourth-order valence-corrected chi connectivity index (χ4v) is 1.39. The molecule has 2 fully saturated rings. The smallest absolute Gasteiger partial charge is 0.0700 e. The van der Waals surface area contributed by atoms with Crippen molar-refractivity contribution in [1.82, 2.24) is 5.32 Å². The van der Waals surface area contributed by atoms with Gasteiger partial charge >= 0.3 is 0 Å². The van der Waals surface area contributed by atoms with Gasteiger partial charge in [-0.3, -0.25) is 0 Å². The van der Waals surface area contributed by atoms with Crippen molar-refractivity contribution in [3.05, 3.63) is 0 Å². The van der Waals surface area contributed by atoms with E-state index in [0.717, 1.165) is 19.2 Å². The van der Waals surface area contributed by atoms with Gasteiger partial charge in [0, 0.05) is 19.2 Å². The number of hydrogen-bond donors (Lipinski definition) is 1. The van der Waals surface area contributed by atoms with Gasteiger partial charge in [0.05, 0.1) is 6.10 Å². The third-order valence-electron chi connectivity index (χ3n) is 2.24. The van der Waals surface area contributed by atoms with Gasteiger partial charge in [0.1, 0.15) is 0 Å². The molecule has 1 atom stereocenters. The van der Waals surface area contributed by atoms with Gasteiger partial charge in [-0.2, -0.15) is 0 Å². The van der Waals surface area contributed by atoms with E-state index >= 15 is 0 Å². The van der Waals surface area contributed by atoms with Crippen LogP contribution in [0.15, 0.2) is 0 Å². The lowest BCUT2D eigenvalue weighted by molar-refractivity contribution is 0.110. The minimum absolute atomic E-state index is 0.528. The Balaban J connectivity index is 1.59. The summed E-state index contributed by atoms with van der Waals surface area (Å²) in [5, 5.41) is 3.47. The Morgan fingerprint density at radius 3 is 2.80 bits per heavy atom. The number of ether oxygens (including phenoxy) is 1. The van der Waals surface area contributed by atoms with Crippen LogP contribution in [0.2, 0.25) is 0 Å². The first-order valence-electron chi connectivity index (χ1n) is 4.30. The summed E-state index contributed by atoms with van der Waals surface area (Å²) in [6.07, 6.45) is 5.82. The molecular formula is C8H15NO. The molecule has 1 saturated heterocycles. The molecule has 1 N–H and O–H groups in total. The molecule has 58 valence electrons. The maximum absolute atomic E-state index is 5.47. The highest BCUT2D eigenvalue weighted by Crippen LogP contribution is 2.19. The molecule has 2 rings (SSSR count). The van der Waals surface area contributed by atoms with E-state index in [1.165, 1.54) is 25.7 Å². The zero-order valence-corrected chi connectivity index (χ0v) is 6.31. The van der Waals surface area contributed by atoms with Crippen LogP contribution in [0.5, 0.6) is 0 Å². The van der Waals surface area contributed by atoms with Crippen LogP contribution in [0.25, 0.3) is 0 Å². The predicted octanol–water partition coefficient (Wildman–Crippen LogP) is 0.917. The lowest BCUT2D eigenvalue weighted by Gasteiger charge is -2.08. The van der Waals surface area contributed by atoms with Gasteiger partial charge in [-0.15, -0.1) is 0 Å². The maximum Gasteiger partial charge on any atom is 0.0700 e. The number of hydrogen-bond acceptors (Lipinski definition) is 2. The number of nitrogens with one attached hydrogen (secondary N) is 1. The van der Waals surface area contributed by atoms with Crippen molar-refractivity contribution in [3.63, 3.8) is 0 Å². The highest BCUT2D eigenvalue weighted by Gasteiger charge is 2.23. The van der Waals surface area contributed by atoms with Gasteiger partial charge in [0.2, 0.25) is 0 Å². The molecule has 0 bridgehead atoms. The molecule has 1 aliphatic heterocycles. The van der Waals surface area contributed by atoms with Gasteiger partial charge in [-0.25, -0.2) is 0 Å².